The number of nitrogens with zero attached hydrogens (tertiary/aromatic N) is 2. The lowest BCUT2D eigenvalue weighted by Gasteiger charge is -2.27. The van der Waals surface area contributed by atoms with Crippen LogP contribution in [-0.2, 0) is 16.1 Å². The number of aryl methyl sites for hydroxylation is 1. The first-order chi connectivity index (χ1) is 9.29. The maximum Gasteiger partial charge on any atom is 0.281 e. The van der Waals surface area contributed by atoms with E-state index in [1.165, 1.54) is 11.3 Å². The maximum absolute atomic E-state index is 9.22. The van der Waals surface area contributed by atoms with Crippen LogP contribution in [0.1, 0.15) is 32.0 Å². The molecule has 0 spiro atoms. The van der Waals surface area contributed by atoms with Crippen molar-refractivity contribution in [3.05, 3.63) is 29.6 Å². The number of amides is 1. The molecule has 1 atom stereocenters. The summed E-state index contributed by atoms with van der Waals surface area (Å²) in [7, 11) is 2.17. The van der Waals surface area contributed by atoms with Crippen molar-refractivity contribution < 1.29 is 9.59 Å². The fraction of sp³-hybridized carbons (Fsp3) is 0.533. The molecule has 0 saturated heterocycles. The monoisotopic (exact) mass is 279 g/mol. The number of hydrogen-bond donors (Lipinski definition) is 1. The van der Waals surface area contributed by atoms with Gasteiger partial charge in [0.25, 0.3) is 5.91 Å². The van der Waals surface area contributed by atoms with Crippen LogP contribution in [-0.4, -0.2) is 35.2 Å². The number of pyridine rings is 1. The zero-order chi connectivity index (χ0) is 15.7. The molecule has 112 valence electrons. The van der Waals surface area contributed by atoms with Crippen molar-refractivity contribution in [2.45, 2.75) is 40.3 Å². The summed E-state index contributed by atoms with van der Waals surface area (Å²) in [5, 5.41) is 0. The molecule has 0 aliphatic rings. The van der Waals surface area contributed by atoms with Crippen molar-refractivity contribution in [2.24, 2.45) is 11.7 Å². The summed E-state index contributed by atoms with van der Waals surface area (Å²) in [4.78, 5) is 25.0. The standard InChI is InChI=1S/C13H22N2.C2H3NO2/c1-10(2)12(4)15(5)9-13-11(3)7-6-8-14-13;3-2(5)1-4/h6-8,10,12H,9H2,1-5H3;1H,(H2,3,5). The minimum Gasteiger partial charge on any atom is -0.363 e. The number of carbonyl (C=O) groups excluding carboxylic acids is 2. The average molecular weight is 279 g/mol. The first-order valence-electron chi connectivity index (χ1n) is 6.64. The van der Waals surface area contributed by atoms with E-state index in [0.717, 1.165) is 6.54 Å². The van der Waals surface area contributed by atoms with Gasteiger partial charge in [-0.2, -0.15) is 0 Å². The molecular weight excluding hydrogens is 254 g/mol. The Labute approximate surface area is 121 Å². The maximum atomic E-state index is 9.22. The van der Waals surface area contributed by atoms with Gasteiger partial charge < -0.3 is 5.73 Å². The van der Waals surface area contributed by atoms with Crippen molar-refractivity contribution in [1.29, 1.82) is 0 Å². The third kappa shape index (κ3) is 6.99. The summed E-state index contributed by atoms with van der Waals surface area (Å²) >= 11 is 0. The predicted octanol–water partition coefficient (Wildman–Crippen LogP) is 1.54. The molecule has 1 heterocycles. The summed E-state index contributed by atoms with van der Waals surface area (Å²) in [5.74, 6) is -0.246. The van der Waals surface area contributed by atoms with Gasteiger partial charge in [0, 0.05) is 18.8 Å². The molecule has 1 unspecified atom stereocenters. The Morgan fingerprint density at radius 3 is 2.40 bits per heavy atom. The molecular formula is C15H25N3O2. The molecule has 1 aromatic heterocycles. The highest BCUT2D eigenvalue weighted by Crippen LogP contribution is 2.12. The highest BCUT2D eigenvalue weighted by molar-refractivity contribution is 6.22. The van der Waals surface area contributed by atoms with Crippen molar-refractivity contribution in [3.63, 3.8) is 0 Å². The molecule has 5 heteroatoms. The Balaban J connectivity index is 0.000000621. The Morgan fingerprint density at radius 2 is 2.00 bits per heavy atom. The summed E-state index contributed by atoms with van der Waals surface area (Å²) in [6.45, 7) is 9.84. The van der Waals surface area contributed by atoms with Gasteiger partial charge in [-0.3, -0.25) is 19.5 Å². The lowest BCUT2D eigenvalue weighted by atomic mass is 10.0. The number of aromatic nitrogens is 1. The summed E-state index contributed by atoms with van der Waals surface area (Å²) in [6.07, 6.45) is 1.93. The van der Waals surface area contributed by atoms with Gasteiger partial charge >= 0.3 is 0 Å². The van der Waals surface area contributed by atoms with Crippen LogP contribution in [0.4, 0.5) is 0 Å². The van der Waals surface area contributed by atoms with E-state index in [-0.39, 0.29) is 6.29 Å². The number of primary amides is 1. The van der Waals surface area contributed by atoms with Gasteiger partial charge in [-0.1, -0.05) is 19.9 Å². The quantitative estimate of drug-likeness (QED) is 0.655. The lowest BCUT2D eigenvalue weighted by Crippen LogP contribution is -2.33. The normalized spacial score (nSPS) is 11.8. The predicted molar refractivity (Wildman–Crippen MR) is 80.0 cm³/mol. The van der Waals surface area contributed by atoms with Gasteiger partial charge in [0.1, 0.15) is 0 Å². The summed E-state index contributed by atoms with van der Waals surface area (Å²) < 4.78 is 0. The second-order valence-corrected chi connectivity index (χ2v) is 5.19. The molecule has 0 fully saturated rings. The SMILES string of the molecule is Cc1cccnc1CN(C)C(C)C(C)C.NC(=O)C=O. The fourth-order valence-electron chi connectivity index (χ4n) is 1.57. The molecule has 0 saturated carbocycles. The Hall–Kier alpha value is -1.75. The molecule has 5 nitrogen and oxygen atoms in total. The van der Waals surface area contributed by atoms with Crippen LogP contribution in [0.2, 0.25) is 0 Å². The van der Waals surface area contributed by atoms with E-state index in [2.05, 4.69) is 56.4 Å². The van der Waals surface area contributed by atoms with E-state index in [1.807, 2.05) is 12.3 Å². The van der Waals surface area contributed by atoms with E-state index >= 15 is 0 Å². The first kappa shape index (κ1) is 18.2. The third-order valence-electron chi connectivity index (χ3n) is 3.29. The molecule has 1 aromatic rings. The number of hydrogen-bond acceptors (Lipinski definition) is 4. The summed E-state index contributed by atoms with van der Waals surface area (Å²) in [5.41, 5.74) is 6.75. The van der Waals surface area contributed by atoms with E-state index in [0.29, 0.717) is 12.0 Å². The van der Waals surface area contributed by atoms with Crippen LogP contribution in [0, 0.1) is 12.8 Å². The van der Waals surface area contributed by atoms with Crippen molar-refractivity contribution in [3.8, 4) is 0 Å². The lowest BCUT2D eigenvalue weighted by molar-refractivity contribution is -0.129. The van der Waals surface area contributed by atoms with Crippen LogP contribution in [0.3, 0.4) is 0 Å². The second kappa shape index (κ2) is 9.20. The molecule has 0 aliphatic heterocycles. The average Bonchev–Trinajstić information content (AvgIpc) is 2.40. The van der Waals surface area contributed by atoms with Gasteiger partial charge in [-0.25, -0.2) is 0 Å². The molecule has 1 rings (SSSR count). The van der Waals surface area contributed by atoms with E-state index in [1.54, 1.807) is 0 Å². The Kier molecular flexibility index (Phi) is 8.40. The van der Waals surface area contributed by atoms with E-state index < -0.39 is 5.91 Å². The second-order valence-electron chi connectivity index (χ2n) is 5.19. The van der Waals surface area contributed by atoms with Crippen LogP contribution in [0.15, 0.2) is 18.3 Å². The van der Waals surface area contributed by atoms with Crippen LogP contribution < -0.4 is 5.73 Å². The smallest absolute Gasteiger partial charge is 0.281 e. The van der Waals surface area contributed by atoms with Gasteiger partial charge in [0.05, 0.1) is 5.69 Å². The van der Waals surface area contributed by atoms with Crippen LogP contribution in [0.5, 0.6) is 0 Å². The molecule has 0 radical (unpaired) electrons. The number of aldehydes is 1. The van der Waals surface area contributed by atoms with Gasteiger partial charge in [-0.15, -0.1) is 0 Å². The highest BCUT2D eigenvalue weighted by Gasteiger charge is 2.14. The van der Waals surface area contributed by atoms with Gasteiger partial charge in [0.2, 0.25) is 6.29 Å². The topological polar surface area (TPSA) is 76.3 Å². The largest absolute Gasteiger partial charge is 0.363 e. The van der Waals surface area contributed by atoms with Gasteiger partial charge in [-0.05, 0) is 38.4 Å². The first-order valence-corrected chi connectivity index (χ1v) is 6.64. The molecule has 2 N–H and O–H groups in total. The third-order valence-corrected chi connectivity index (χ3v) is 3.29. The zero-order valence-corrected chi connectivity index (χ0v) is 13.0. The fourth-order valence-corrected chi connectivity index (χ4v) is 1.57. The molecule has 20 heavy (non-hydrogen) atoms. The molecule has 0 aromatic carbocycles. The van der Waals surface area contributed by atoms with Crippen molar-refractivity contribution >= 4 is 12.2 Å². The minimum atomic E-state index is -0.926. The molecule has 0 bridgehead atoms. The van der Waals surface area contributed by atoms with Crippen LogP contribution in [0.25, 0.3) is 0 Å². The molecule has 0 aliphatic carbocycles. The minimum absolute atomic E-state index is 0.0556. The van der Waals surface area contributed by atoms with Crippen LogP contribution >= 0.6 is 0 Å². The summed E-state index contributed by atoms with van der Waals surface area (Å²) in [6, 6.07) is 4.70. The Morgan fingerprint density at radius 1 is 1.45 bits per heavy atom. The van der Waals surface area contributed by atoms with Crippen molar-refractivity contribution in [1.82, 2.24) is 9.88 Å². The molecule has 1 amide bonds. The number of nitrogens with two attached hydrogens (primary N) is 1. The number of carbonyl (C=O) groups is 2. The zero-order valence-electron chi connectivity index (χ0n) is 13.0. The van der Waals surface area contributed by atoms with Gasteiger partial charge in [0.15, 0.2) is 0 Å². The van der Waals surface area contributed by atoms with E-state index in [4.69, 9.17) is 4.79 Å². The van der Waals surface area contributed by atoms with Crippen molar-refractivity contribution in [2.75, 3.05) is 7.05 Å². The Bertz CT molecular complexity index is 433. The van der Waals surface area contributed by atoms with E-state index in [9.17, 15) is 4.79 Å². The number of rotatable bonds is 5. The highest BCUT2D eigenvalue weighted by atomic mass is 16.2.